The molecule has 1 rings (SSSR count). The highest BCUT2D eigenvalue weighted by Crippen LogP contribution is 2.36. The van der Waals surface area contributed by atoms with Crippen molar-refractivity contribution >= 4 is 10.2 Å². The van der Waals surface area contributed by atoms with Crippen LogP contribution in [0.5, 0.6) is 0 Å². The van der Waals surface area contributed by atoms with E-state index >= 15 is 0 Å². The second-order valence-electron chi connectivity index (χ2n) is 4.67. The molecule has 4 heteroatoms. The maximum absolute atomic E-state index is 6.08. The van der Waals surface area contributed by atoms with Gasteiger partial charge in [0.25, 0.3) is 0 Å². The van der Waals surface area contributed by atoms with Gasteiger partial charge >= 0.3 is 0 Å². The molecule has 0 spiro atoms. The standard InChI is InChI=1S/C14H28O3Si/c1-4-15-13(18)14(16-5-2,17-6-3)12-10-8-7-9-11-12/h7-8,12-13H,4-6,9-11H2,1-3,18H3. The molecule has 0 aromatic heterocycles. The molecule has 1 aliphatic rings. The van der Waals surface area contributed by atoms with E-state index in [1.165, 1.54) is 0 Å². The van der Waals surface area contributed by atoms with E-state index in [2.05, 4.69) is 12.2 Å². The van der Waals surface area contributed by atoms with Gasteiger partial charge in [0.05, 0.1) is 5.73 Å². The fourth-order valence-electron chi connectivity index (χ4n) is 2.82. The Hall–Kier alpha value is -0.163. The summed E-state index contributed by atoms with van der Waals surface area (Å²) in [7, 11) is 0.922. The quantitative estimate of drug-likeness (QED) is 0.383. The van der Waals surface area contributed by atoms with Gasteiger partial charge in [-0.3, -0.25) is 0 Å². The molecule has 18 heavy (non-hydrogen) atoms. The number of hydrogen-bond donors (Lipinski definition) is 0. The van der Waals surface area contributed by atoms with Crippen LogP contribution in [0.4, 0.5) is 0 Å². The van der Waals surface area contributed by atoms with Crippen LogP contribution in [0.15, 0.2) is 12.2 Å². The first-order valence-electron chi connectivity index (χ1n) is 7.25. The second-order valence-corrected chi connectivity index (χ2v) is 5.72. The van der Waals surface area contributed by atoms with Crippen molar-refractivity contribution in [2.45, 2.75) is 51.5 Å². The minimum atomic E-state index is -0.531. The summed E-state index contributed by atoms with van der Waals surface area (Å²) in [5.41, 5.74) is 0.0962. The summed E-state index contributed by atoms with van der Waals surface area (Å²) in [5.74, 6) is -0.118. The Morgan fingerprint density at radius 1 is 1.17 bits per heavy atom. The van der Waals surface area contributed by atoms with Crippen molar-refractivity contribution in [2.75, 3.05) is 19.8 Å². The SMILES string of the molecule is CCOC([SiH3])C(OCC)(OCC)C1CC=CCC1. The van der Waals surface area contributed by atoms with Gasteiger partial charge in [-0.05, 0) is 40.0 Å². The van der Waals surface area contributed by atoms with Crippen molar-refractivity contribution in [1.29, 1.82) is 0 Å². The third-order valence-electron chi connectivity index (χ3n) is 3.56. The maximum Gasteiger partial charge on any atom is 0.193 e. The first-order chi connectivity index (χ1) is 8.71. The van der Waals surface area contributed by atoms with E-state index in [1.54, 1.807) is 0 Å². The van der Waals surface area contributed by atoms with E-state index < -0.39 is 5.79 Å². The molecule has 0 N–H and O–H groups in total. The molecular formula is C14H28O3Si. The van der Waals surface area contributed by atoms with Crippen LogP contribution in [0.25, 0.3) is 0 Å². The van der Waals surface area contributed by atoms with E-state index in [0.717, 1.165) is 36.1 Å². The predicted molar refractivity (Wildman–Crippen MR) is 77.8 cm³/mol. The molecule has 0 heterocycles. The second kappa shape index (κ2) is 8.10. The molecule has 2 unspecified atom stereocenters. The van der Waals surface area contributed by atoms with Crippen LogP contribution in [0.2, 0.25) is 0 Å². The molecule has 0 saturated heterocycles. The highest BCUT2D eigenvalue weighted by molar-refractivity contribution is 6.11. The zero-order valence-electron chi connectivity index (χ0n) is 12.3. The smallest absolute Gasteiger partial charge is 0.193 e. The lowest BCUT2D eigenvalue weighted by Crippen LogP contribution is -2.55. The van der Waals surface area contributed by atoms with Gasteiger partial charge < -0.3 is 14.2 Å². The lowest BCUT2D eigenvalue weighted by molar-refractivity contribution is -0.298. The van der Waals surface area contributed by atoms with Crippen molar-refractivity contribution in [2.24, 2.45) is 5.92 Å². The molecule has 0 aromatic carbocycles. The largest absolute Gasteiger partial charge is 0.377 e. The molecule has 0 fully saturated rings. The van der Waals surface area contributed by atoms with Gasteiger partial charge in [-0.15, -0.1) is 0 Å². The zero-order chi connectivity index (χ0) is 13.4. The summed E-state index contributed by atoms with van der Waals surface area (Å²) < 4.78 is 18.0. The average molecular weight is 272 g/mol. The van der Waals surface area contributed by atoms with Crippen LogP contribution in [-0.4, -0.2) is 41.6 Å². The maximum atomic E-state index is 6.08. The summed E-state index contributed by atoms with van der Waals surface area (Å²) in [6.45, 7) is 8.17. The molecule has 0 aliphatic heterocycles. The van der Waals surface area contributed by atoms with Gasteiger partial charge in [0, 0.05) is 36.0 Å². The average Bonchev–Trinajstić information content (AvgIpc) is 2.39. The monoisotopic (exact) mass is 272 g/mol. The third kappa shape index (κ3) is 3.67. The van der Waals surface area contributed by atoms with Crippen LogP contribution < -0.4 is 0 Å². The van der Waals surface area contributed by atoms with Crippen LogP contribution in [0.1, 0.15) is 40.0 Å². The molecule has 0 radical (unpaired) electrons. The Balaban J connectivity index is 2.90. The van der Waals surface area contributed by atoms with E-state index in [0.29, 0.717) is 19.1 Å². The molecule has 0 aromatic rings. The number of ether oxygens (including phenoxy) is 3. The van der Waals surface area contributed by atoms with E-state index in [-0.39, 0.29) is 5.73 Å². The molecule has 3 nitrogen and oxygen atoms in total. The molecule has 0 saturated carbocycles. The fraction of sp³-hybridized carbons (Fsp3) is 0.857. The predicted octanol–water partition coefficient (Wildman–Crippen LogP) is 1.84. The highest BCUT2D eigenvalue weighted by Gasteiger charge is 2.45. The van der Waals surface area contributed by atoms with E-state index in [4.69, 9.17) is 14.2 Å². The summed E-state index contributed by atoms with van der Waals surface area (Å²) in [5, 5.41) is 0. The van der Waals surface area contributed by atoms with Gasteiger partial charge in [0.15, 0.2) is 5.79 Å². The van der Waals surface area contributed by atoms with Crippen LogP contribution in [0, 0.1) is 5.92 Å². The van der Waals surface area contributed by atoms with Gasteiger partial charge in [0.1, 0.15) is 0 Å². The van der Waals surface area contributed by atoms with E-state index in [9.17, 15) is 0 Å². The Morgan fingerprint density at radius 3 is 2.28 bits per heavy atom. The Bertz CT molecular complexity index is 249. The first-order valence-corrected chi connectivity index (χ1v) is 8.41. The molecule has 1 aliphatic carbocycles. The lowest BCUT2D eigenvalue weighted by atomic mass is 9.86. The third-order valence-corrected chi connectivity index (χ3v) is 4.70. The molecular weight excluding hydrogens is 244 g/mol. The van der Waals surface area contributed by atoms with Gasteiger partial charge in [-0.1, -0.05) is 12.2 Å². The zero-order valence-corrected chi connectivity index (χ0v) is 14.3. The highest BCUT2D eigenvalue weighted by atomic mass is 28.1. The van der Waals surface area contributed by atoms with Crippen molar-refractivity contribution in [3.63, 3.8) is 0 Å². The van der Waals surface area contributed by atoms with Crippen molar-refractivity contribution in [3.05, 3.63) is 12.2 Å². The Labute approximate surface area is 114 Å². The number of rotatable bonds is 8. The van der Waals surface area contributed by atoms with Crippen LogP contribution >= 0.6 is 0 Å². The lowest BCUT2D eigenvalue weighted by Gasteiger charge is -2.44. The van der Waals surface area contributed by atoms with Crippen molar-refractivity contribution < 1.29 is 14.2 Å². The van der Waals surface area contributed by atoms with Crippen LogP contribution in [0.3, 0.4) is 0 Å². The molecule has 106 valence electrons. The van der Waals surface area contributed by atoms with E-state index in [1.807, 2.05) is 20.8 Å². The molecule has 0 amide bonds. The normalized spacial score (nSPS) is 22.3. The Morgan fingerprint density at radius 2 is 1.83 bits per heavy atom. The van der Waals surface area contributed by atoms with Crippen LogP contribution in [-0.2, 0) is 14.2 Å². The summed E-state index contributed by atoms with van der Waals surface area (Å²) >= 11 is 0. The fourth-order valence-corrected chi connectivity index (χ4v) is 3.96. The summed E-state index contributed by atoms with van der Waals surface area (Å²) in [6, 6.07) is 0. The minimum absolute atomic E-state index is 0.0962. The molecule has 2 atom stereocenters. The topological polar surface area (TPSA) is 27.7 Å². The van der Waals surface area contributed by atoms with Gasteiger partial charge in [-0.2, -0.15) is 0 Å². The van der Waals surface area contributed by atoms with Crippen molar-refractivity contribution in [1.82, 2.24) is 0 Å². The number of allylic oxidation sites excluding steroid dienone is 2. The van der Waals surface area contributed by atoms with Crippen molar-refractivity contribution in [3.8, 4) is 0 Å². The summed E-state index contributed by atoms with van der Waals surface area (Å²) in [6.07, 6.45) is 7.78. The molecule has 0 bridgehead atoms. The summed E-state index contributed by atoms with van der Waals surface area (Å²) in [4.78, 5) is 0. The van der Waals surface area contributed by atoms with Gasteiger partial charge in [0.2, 0.25) is 0 Å². The minimum Gasteiger partial charge on any atom is -0.377 e. The van der Waals surface area contributed by atoms with Gasteiger partial charge in [-0.25, -0.2) is 0 Å². The first kappa shape index (κ1) is 15.9. The number of hydrogen-bond acceptors (Lipinski definition) is 3. The Kier molecular flexibility index (Phi) is 7.15.